The standard InChI is InChI=1S/C14H17N3O3S2/c1-7(2)20-10-5-8(6-11-12(10)16-14(15)21-11)13(18)17-22(19)9-3-4-9/h5-7,9H,3-4H2,1-2H3,(H2,15,16)(H,17,18). The quantitative estimate of drug-likeness (QED) is 0.814. The first kappa shape index (κ1) is 15.4. The number of nitrogens with zero attached hydrogens (tertiary/aromatic N) is 1. The van der Waals surface area contributed by atoms with Crippen molar-refractivity contribution in [1.82, 2.24) is 9.71 Å². The number of fused-ring (bicyclic) bond motifs is 1. The van der Waals surface area contributed by atoms with Gasteiger partial charge in [-0.05, 0) is 26.0 Å². The van der Waals surface area contributed by atoms with E-state index in [-0.39, 0.29) is 17.3 Å². The van der Waals surface area contributed by atoms with Gasteiger partial charge in [0.05, 0.1) is 22.2 Å². The minimum Gasteiger partial charge on any atom is -0.593 e. The number of aromatic nitrogens is 1. The molecular formula is C14H17N3O3S2. The van der Waals surface area contributed by atoms with E-state index >= 15 is 0 Å². The summed E-state index contributed by atoms with van der Waals surface area (Å²) in [5, 5.41) is 0.515. The molecule has 3 N–H and O–H groups in total. The van der Waals surface area contributed by atoms with Crippen molar-refractivity contribution in [3.8, 4) is 5.75 Å². The molecule has 6 nitrogen and oxygen atoms in total. The van der Waals surface area contributed by atoms with Crippen LogP contribution >= 0.6 is 11.3 Å². The van der Waals surface area contributed by atoms with Crippen LogP contribution in [0.1, 0.15) is 37.0 Å². The normalized spacial score (nSPS) is 16.0. The maximum Gasteiger partial charge on any atom is 0.292 e. The third-order valence-corrected chi connectivity index (χ3v) is 5.42. The molecule has 0 spiro atoms. The van der Waals surface area contributed by atoms with Crippen molar-refractivity contribution in [3.63, 3.8) is 0 Å². The summed E-state index contributed by atoms with van der Waals surface area (Å²) < 4.78 is 20.9. The highest BCUT2D eigenvalue weighted by Gasteiger charge is 2.36. The van der Waals surface area contributed by atoms with E-state index in [0.717, 1.165) is 17.5 Å². The summed E-state index contributed by atoms with van der Waals surface area (Å²) in [6, 6.07) is 3.33. The summed E-state index contributed by atoms with van der Waals surface area (Å²) in [4.78, 5) is 16.5. The van der Waals surface area contributed by atoms with Gasteiger partial charge in [0.15, 0.2) is 5.13 Å². The van der Waals surface area contributed by atoms with Crippen molar-refractivity contribution in [2.75, 3.05) is 5.73 Å². The van der Waals surface area contributed by atoms with E-state index in [4.69, 9.17) is 10.5 Å². The lowest BCUT2D eigenvalue weighted by Crippen LogP contribution is -2.33. The number of nitrogens with one attached hydrogen (secondary N) is 1. The lowest BCUT2D eigenvalue weighted by Gasteiger charge is -2.13. The maximum atomic E-state index is 12.3. The number of carbonyl (C=O) groups excluding carboxylic acids is 1. The van der Waals surface area contributed by atoms with E-state index in [1.54, 1.807) is 12.1 Å². The Hall–Kier alpha value is -1.51. The molecule has 0 bridgehead atoms. The lowest BCUT2D eigenvalue weighted by molar-refractivity contribution is 0.0980. The second-order valence-electron chi connectivity index (χ2n) is 5.47. The topological polar surface area (TPSA) is 100 Å². The van der Waals surface area contributed by atoms with Gasteiger partial charge < -0.3 is 15.0 Å². The predicted molar refractivity (Wildman–Crippen MR) is 88.4 cm³/mol. The Morgan fingerprint density at radius 2 is 2.27 bits per heavy atom. The van der Waals surface area contributed by atoms with Gasteiger partial charge in [0.1, 0.15) is 16.5 Å². The molecule has 1 atom stereocenters. The van der Waals surface area contributed by atoms with Crippen molar-refractivity contribution in [3.05, 3.63) is 17.7 Å². The van der Waals surface area contributed by atoms with Crippen molar-refractivity contribution < 1.29 is 14.1 Å². The fraction of sp³-hybridized carbons (Fsp3) is 0.429. The van der Waals surface area contributed by atoms with Crippen LogP contribution < -0.4 is 15.2 Å². The summed E-state index contributed by atoms with van der Waals surface area (Å²) in [5.41, 5.74) is 6.80. The van der Waals surface area contributed by atoms with Gasteiger partial charge in [-0.2, -0.15) is 4.72 Å². The van der Waals surface area contributed by atoms with Gasteiger partial charge in [0, 0.05) is 18.4 Å². The van der Waals surface area contributed by atoms with Crippen molar-refractivity contribution >= 4 is 44.0 Å². The van der Waals surface area contributed by atoms with Crippen LogP contribution in [0.25, 0.3) is 10.2 Å². The third-order valence-electron chi connectivity index (χ3n) is 3.12. The minimum atomic E-state index is -1.31. The van der Waals surface area contributed by atoms with E-state index < -0.39 is 11.4 Å². The van der Waals surface area contributed by atoms with Crippen LogP contribution in [0.3, 0.4) is 0 Å². The second kappa shape index (κ2) is 5.94. The summed E-state index contributed by atoms with van der Waals surface area (Å²) in [5.74, 6) is 0.149. The first-order chi connectivity index (χ1) is 10.4. The van der Waals surface area contributed by atoms with Gasteiger partial charge in [-0.25, -0.2) is 4.98 Å². The molecule has 3 rings (SSSR count). The number of nitrogen functional groups attached to an aromatic ring is 1. The first-order valence-electron chi connectivity index (χ1n) is 7.02. The molecule has 1 aliphatic rings. The molecule has 1 amide bonds. The number of hydrogen-bond acceptors (Lipinski definition) is 6. The Bertz CT molecular complexity index is 713. The molecule has 8 heteroatoms. The molecule has 1 saturated carbocycles. The van der Waals surface area contributed by atoms with Gasteiger partial charge in [-0.3, -0.25) is 4.79 Å². The Morgan fingerprint density at radius 1 is 1.55 bits per heavy atom. The first-order valence-corrected chi connectivity index (χ1v) is 9.05. The number of carbonyl (C=O) groups is 1. The zero-order chi connectivity index (χ0) is 15.9. The molecule has 1 fully saturated rings. The van der Waals surface area contributed by atoms with Gasteiger partial charge in [-0.1, -0.05) is 11.3 Å². The highest BCUT2D eigenvalue weighted by Crippen LogP contribution is 2.33. The van der Waals surface area contributed by atoms with Crippen LogP contribution in [-0.2, 0) is 11.4 Å². The SMILES string of the molecule is CC(C)Oc1cc(C(=O)N[S+]([O-])C2CC2)cc2sc(N)nc12. The van der Waals surface area contributed by atoms with Crippen LogP contribution in [-0.4, -0.2) is 26.8 Å². The fourth-order valence-corrected chi connectivity index (χ4v) is 3.83. The number of rotatable bonds is 5. The average molecular weight is 339 g/mol. The maximum absolute atomic E-state index is 12.3. The number of ether oxygens (including phenoxy) is 1. The number of anilines is 1. The monoisotopic (exact) mass is 339 g/mol. The average Bonchev–Trinajstić information content (AvgIpc) is 3.20. The molecule has 22 heavy (non-hydrogen) atoms. The van der Waals surface area contributed by atoms with E-state index in [2.05, 4.69) is 9.71 Å². The number of thiazole rings is 1. The Kier molecular flexibility index (Phi) is 4.16. The molecule has 2 aromatic rings. The minimum absolute atomic E-state index is 0.0509. The van der Waals surface area contributed by atoms with Crippen LogP contribution in [0.5, 0.6) is 5.75 Å². The predicted octanol–water partition coefficient (Wildman–Crippen LogP) is 2.22. The molecule has 1 aromatic carbocycles. The van der Waals surface area contributed by atoms with Gasteiger partial charge in [-0.15, -0.1) is 0 Å². The Labute approximate surface area is 135 Å². The van der Waals surface area contributed by atoms with E-state index in [9.17, 15) is 9.35 Å². The summed E-state index contributed by atoms with van der Waals surface area (Å²) >= 11 is -0.0210. The van der Waals surface area contributed by atoms with Crippen LogP contribution in [0.4, 0.5) is 5.13 Å². The van der Waals surface area contributed by atoms with Crippen molar-refractivity contribution in [1.29, 1.82) is 0 Å². The van der Waals surface area contributed by atoms with Crippen molar-refractivity contribution in [2.45, 2.75) is 38.0 Å². The lowest BCUT2D eigenvalue weighted by atomic mass is 10.2. The fourth-order valence-electron chi connectivity index (χ4n) is 2.01. The molecule has 0 saturated heterocycles. The zero-order valence-corrected chi connectivity index (χ0v) is 13.9. The number of benzene rings is 1. The van der Waals surface area contributed by atoms with E-state index in [1.165, 1.54) is 11.3 Å². The van der Waals surface area contributed by atoms with E-state index in [0.29, 0.717) is 22.0 Å². The van der Waals surface area contributed by atoms with Crippen molar-refractivity contribution in [2.24, 2.45) is 0 Å². The zero-order valence-electron chi connectivity index (χ0n) is 12.3. The summed E-state index contributed by atoms with van der Waals surface area (Å²) in [7, 11) is 0. The van der Waals surface area contributed by atoms with Gasteiger partial charge in [0.25, 0.3) is 5.91 Å². The van der Waals surface area contributed by atoms with Crippen LogP contribution in [0.15, 0.2) is 12.1 Å². The highest BCUT2D eigenvalue weighted by atomic mass is 32.2. The number of nitrogens with two attached hydrogens (primary N) is 1. The summed E-state index contributed by atoms with van der Waals surface area (Å²) in [6.07, 6.45) is 1.75. The molecule has 1 heterocycles. The Balaban J connectivity index is 1.92. The number of amides is 1. The van der Waals surface area contributed by atoms with E-state index in [1.807, 2.05) is 13.8 Å². The number of hydrogen-bond donors (Lipinski definition) is 2. The van der Waals surface area contributed by atoms with Crippen LogP contribution in [0, 0.1) is 0 Å². The molecule has 0 radical (unpaired) electrons. The highest BCUT2D eigenvalue weighted by molar-refractivity contribution is 7.91. The molecule has 1 unspecified atom stereocenters. The molecule has 118 valence electrons. The largest absolute Gasteiger partial charge is 0.593 e. The van der Waals surface area contributed by atoms with Gasteiger partial charge >= 0.3 is 0 Å². The smallest absolute Gasteiger partial charge is 0.292 e. The third kappa shape index (κ3) is 3.29. The molecule has 1 aliphatic carbocycles. The molecular weight excluding hydrogens is 322 g/mol. The Morgan fingerprint density at radius 3 is 2.91 bits per heavy atom. The van der Waals surface area contributed by atoms with Gasteiger partial charge in [0.2, 0.25) is 0 Å². The second-order valence-corrected chi connectivity index (χ2v) is 8.00. The molecule has 1 aromatic heterocycles. The summed E-state index contributed by atoms with van der Waals surface area (Å²) in [6.45, 7) is 3.80. The molecule has 0 aliphatic heterocycles. The van der Waals surface area contributed by atoms with Crippen LogP contribution in [0.2, 0.25) is 0 Å².